The van der Waals surface area contributed by atoms with E-state index in [9.17, 15) is 4.39 Å². The number of hydrogen-bond donors (Lipinski definition) is 3. The Labute approximate surface area is 109 Å². The lowest BCUT2D eigenvalue weighted by molar-refractivity contribution is 0.632. The van der Waals surface area contributed by atoms with E-state index in [4.69, 9.17) is 23.1 Å². The summed E-state index contributed by atoms with van der Waals surface area (Å²) < 4.78 is 15.5. The molecule has 0 saturated carbocycles. The fourth-order valence-electron chi connectivity index (χ4n) is 1.60. The lowest BCUT2D eigenvalue weighted by Gasteiger charge is -2.12. The Morgan fingerprint density at radius 1 is 1.44 bits per heavy atom. The smallest absolute Gasteiger partial charge is 0.169 e. The van der Waals surface area contributed by atoms with Crippen molar-refractivity contribution in [2.45, 2.75) is 6.54 Å². The largest absolute Gasteiger partial charge is 0.397 e. The van der Waals surface area contributed by atoms with Crippen LogP contribution in [0.3, 0.4) is 0 Å². The molecule has 0 atom stereocenters. The zero-order valence-corrected chi connectivity index (χ0v) is 10.5. The fraction of sp³-hybridized carbons (Fsp3) is 0.182. The summed E-state index contributed by atoms with van der Waals surface area (Å²) in [5, 5.41) is 6.77. The summed E-state index contributed by atoms with van der Waals surface area (Å²) in [5.41, 5.74) is 12.6. The number of rotatable bonds is 3. The summed E-state index contributed by atoms with van der Waals surface area (Å²) in [6.45, 7) is 0.398. The highest BCUT2D eigenvalue weighted by Crippen LogP contribution is 2.33. The van der Waals surface area contributed by atoms with Crippen LogP contribution in [0, 0.1) is 5.82 Å². The molecule has 0 spiro atoms. The SMILES string of the molecule is Cn1cc(CNc2c(N)cc(N)c(Cl)c2F)cn1. The third-order valence-electron chi connectivity index (χ3n) is 2.49. The first-order valence-corrected chi connectivity index (χ1v) is 5.61. The van der Waals surface area contributed by atoms with E-state index in [1.54, 1.807) is 17.9 Å². The zero-order valence-electron chi connectivity index (χ0n) is 9.74. The quantitative estimate of drug-likeness (QED) is 0.744. The molecular formula is C11H13ClFN5. The summed E-state index contributed by atoms with van der Waals surface area (Å²) in [4.78, 5) is 0. The molecule has 2 aromatic rings. The molecule has 0 amide bonds. The number of nitrogens with two attached hydrogens (primary N) is 2. The molecule has 5 nitrogen and oxygen atoms in total. The van der Waals surface area contributed by atoms with Crippen molar-refractivity contribution in [3.05, 3.63) is 34.9 Å². The van der Waals surface area contributed by atoms with E-state index in [1.165, 1.54) is 6.07 Å². The van der Waals surface area contributed by atoms with Crippen LogP contribution in [0.2, 0.25) is 5.02 Å². The molecule has 0 bridgehead atoms. The van der Waals surface area contributed by atoms with Crippen LogP contribution in [0.15, 0.2) is 18.5 Å². The van der Waals surface area contributed by atoms with Crippen molar-refractivity contribution in [1.82, 2.24) is 9.78 Å². The predicted octanol–water partition coefficient (Wildman–Crippen LogP) is 1.99. The molecule has 0 aliphatic carbocycles. The van der Waals surface area contributed by atoms with Crippen LogP contribution in [-0.4, -0.2) is 9.78 Å². The third kappa shape index (κ3) is 2.33. The minimum atomic E-state index is -0.641. The minimum Gasteiger partial charge on any atom is -0.397 e. The average molecular weight is 270 g/mol. The number of aryl methyl sites for hydroxylation is 1. The predicted molar refractivity (Wildman–Crippen MR) is 70.8 cm³/mol. The number of halogens is 2. The van der Waals surface area contributed by atoms with E-state index < -0.39 is 5.82 Å². The highest BCUT2D eigenvalue weighted by molar-refractivity contribution is 6.33. The van der Waals surface area contributed by atoms with Crippen molar-refractivity contribution in [2.75, 3.05) is 16.8 Å². The Kier molecular flexibility index (Phi) is 3.29. The summed E-state index contributed by atoms with van der Waals surface area (Å²) in [6, 6.07) is 1.43. The van der Waals surface area contributed by atoms with Crippen LogP contribution >= 0.6 is 11.6 Å². The lowest BCUT2D eigenvalue weighted by Crippen LogP contribution is -2.06. The third-order valence-corrected chi connectivity index (χ3v) is 2.88. The number of aromatic nitrogens is 2. The van der Waals surface area contributed by atoms with Crippen LogP contribution in [0.5, 0.6) is 0 Å². The van der Waals surface area contributed by atoms with Crippen molar-refractivity contribution in [3.8, 4) is 0 Å². The molecule has 18 heavy (non-hydrogen) atoms. The van der Waals surface area contributed by atoms with Gasteiger partial charge in [0.25, 0.3) is 0 Å². The first-order valence-electron chi connectivity index (χ1n) is 5.23. The molecule has 0 aliphatic rings. The molecule has 0 radical (unpaired) electrons. The van der Waals surface area contributed by atoms with Gasteiger partial charge in [0.1, 0.15) is 5.02 Å². The van der Waals surface area contributed by atoms with Crippen LogP contribution in [0.25, 0.3) is 0 Å². The second kappa shape index (κ2) is 4.73. The van der Waals surface area contributed by atoms with Gasteiger partial charge in [-0.05, 0) is 6.07 Å². The first-order chi connectivity index (χ1) is 8.49. The highest BCUT2D eigenvalue weighted by atomic mass is 35.5. The summed E-state index contributed by atoms with van der Waals surface area (Å²) in [6.07, 6.45) is 3.50. The summed E-state index contributed by atoms with van der Waals surface area (Å²) in [7, 11) is 1.80. The maximum Gasteiger partial charge on any atom is 0.169 e. The molecule has 0 saturated heterocycles. The van der Waals surface area contributed by atoms with Gasteiger partial charge in [-0.25, -0.2) is 4.39 Å². The van der Waals surface area contributed by atoms with Gasteiger partial charge in [-0.3, -0.25) is 4.68 Å². The Hall–Kier alpha value is -1.95. The Balaban J connectivity index is 2.22. The fourth-order valence-corrected chi connectivity index (χ4v) is 1.75. The molecule has 5 N–H and O–H groups in total. The van der Waals surface area contributed by atoms with E-state index in [-0.39, 0.29) is 22.1 Å². The van der Waals surface area contributed by atoms with Crippen LogP contribution < -0.4 is 16.8 Å². The van der Waals surface area contributed by atoms with E-state index in [2.05, 4.69) is 10.4 Å². The van der Waals surface area contributed by atoms with Crippen LogP contribution in [0.4, 0.5) is 21.5 Å². The normalized spacial score (nSPS) is 10.6. The molecule has 0 fully saturated rings. The molecular weight excluding hydrogens is 257 g/mol. The maximum absolute atomic E-state index is 13.9. The highest BCUT2D eigenvalue weighted by Gasteiger charge is 2.14. The molecule has 1 aromatic heterocycles. The number of nitrogen functional groups attached to an aromatic ring is 2. The number of nitrogens with zero attached hydrogens (tertiary/aromatic N) is 2. The number of hydrogen-bond acceptors (Lipinski definition) is 4. The molecule has 1 aromatic carbocycles. The van der Waals surface area contributed by atoms with E-state index in [0.29, 0.717) is 6.54 Å². The Morgan fingerprint density at radius 3 is 2.78 bits per heavy atom. The number of benzene rings is 1. The van der Waals surface area contributed by atoms with E-state index in [0.717, 1.165) is 5.56 Å². The Bertz CT molecular complexity index is 581. The van der Waals surface area contributed by atoms with Crippen LogP contribution in [-0.2, 0) is 13.6 Å². The number of anilines is 3. The molecule has 7 heteroatoms. The second-order valence-electron chi connectivity index (χ2n) is 3.93. The van der Waals surface area contributed by atoms with E-state index in [1.807, 2.05) is 6.20 Å². The van der Waals surface area contributed by atoms with Gasteiger partial charge in [-0.1, -0.05) is 11.6 Å². The van der Waals surface area contributed by atoms with Crippen molar-refractivity contribution in [1.29, 1.82) is 0 Å². The van der Waals surface area contributed by atoms with Gasteiger partial charge in [0.15, 0.2) is 5.82 Å². The topological polar surface area (TPSA) is 81.9 Å². The zero-order chi connectivity index (χ0) is 13.3. The summed E-state index contributed by atoms with van der Waals surface area (Å²) >= 11 is 5.73. The van der Waals surface area contributed by atoms with Gasteiger partial charge < -0.3 is 16.8 Å². The molecule has 0 unspecified atom stereocenters. The molecule has 96 valence electrons. The van der Waals surface area contributed by atoms with Crippen molar-refractivity contribution >= 4 is 28.7 Å². The van der Waals surface area contributed by atoms with Crippen molar-refractivity contribution < 1.29 is 4.39 Å². The first kappa shape index (κ1) is 12.5. The molecule has 1 heterocycles. The molecule has 0 aliphatic heterocycles. The second-order valence-corrected chi connectivity index (χ2v) is 4.31. The average Bonchev–Trinajstić information content (AvgIpc) is 2.72. The monoisotopic (exact) mass is 269 g/mol. The standard InChI is InChI=1S/C11H13ClFN5/c1-18-5-6(4-17-18)3-16-11-8(15)2-7(14)9(12)10(11)13/h2,4-5,16H,3,14-15H2,1H3. The van der Waals surface area contributed by atoms with Gasteiger partial charge >= 0.3 is 0 Å². The maximum atomic E-state index is 13.9. The van der Waals surface area contributed by atoms with E-state index >= 15 is 0 Å². The van der Waals surface area contributed by atoms with Crippen molar-refractivity contribution in [3.63, 3.8) is 0 Å². The van der Waals surface area contributed by atoms with Gasteiger partial charge in [0.05, 0.1) is 23.3 Å². The van der Waals surface area contributed by atoms with Crippen LogP contribution in [0.1, 0.15) is 5.56 Å². The van der Waals surface area contributed by atoms with Gasteiger partial charge in [0, 0.05) is 25.4 Å². The molecule has 2 rings (SSSR count). The summed E-state index contributed by atoms with van der Waals surface area (Å²) in [5.74, 6) is -0.641. The number of nitrogens with one attached hydrogen (secondary N) is 1. The van der Waals surface area contributed by atoms with Gasteiger partial charge in [-0.15, -0.1) is 0 Å². The minimum absolute atomic E-state index is 0.124. The van der Waals surface area contributed by atoms with Gasteiger partial charge in [-0.2, -0.15) is 5.10 Å². The van der Waals surface area contributed by atoms with Gasteiger partial charge in [0.2, 0.25) is 0 Å². The Morgan fingerprint density at radius 2 is 2.17 bits per heavy atom. The van der Waals surface area contributed by atoms with Crippen molar-refractivity contribution in [2.24, 2.45) is 7.05 Å². The lowest BCUT2D eigenvalue weighted by atomic mass is 10.2.